The Kier molecular flexibility index (Phi) is 4.55. The fourth-order valence-corrected chi connectivity index (χ4v) is 0.803. The number of aliphatic carboxylic acids is 1. The highest BCUT2D eigenvalue weighted by atomic mass is 19.4. The summed E-state index contributed by atoms with van der Waals surface area (Å²) in [4.78, 5) is 10.5. The van der Waals surface area contributed by atoms with Crippen LogP contribution in [0.4, 0.5) is 13.2 Å². The van der Waals surface area contributed by atoms with E-state index in [0.29, 0.717) is 6.92 Å². The van der Waals surface area contributed by atoms with E-state index in [0.717, 1.165) is 0 Å². The van der Waals surface area contributed by atoms with Gasteiger partial charge in [-0.3, -0.25) is 5.32 Å². The zero-order chi connectivity index (χ0) is 12.1. The lowest BCUT2D eigenvalue weighted by Gasteiger charge is -2.28. The van der Waals surface area contributed by atoms with Crippen molar-refractivity contribution in [3.8, 4) is 6.07 Å². The topological polar surface area (TPSA) is 73.1 Å². The van der Waals surface area contributed by atoms with Gasteiger partial charge >= 0.3 is 12.1 Å². The molecular formula is C8H11F3N2O2. The van der Waals surface area contributed by atoms with Crippen molar-refractivity contribution in [2.75, 3.05) is 6.54 Å². The highest BCUT2D eigenvalue weighted by molar-refractivity contribution is 5.79. The second kappa shape index (κ2) is 4.98. The molecule has 0 bridgehead atoms. The summed E-state index contributed by atoms with van der Waals surface area (Å²) in [6, 6.07) is 1.75. The number of nitrogens with zero attached hydrogens (tertiary/aromatic N) is 1. The van der Waals surface area contributed by atoms with Gasteiger partial charge in [-0.05, 0) is 19.9 Å². The number of carboxylic acids is 1. The molecule has 0 aliphatic carbocycles. The highest BCUT2D eigenvalue weighted by Crippen LogP contribution is 2.30. The average molecular weight is 224 g/mol. The van der Waals surface area contributed by atoms with Crippen molar-refractivity contribution >= 4 is 5.97 Å². The van der Waals surface area contributed by atoms with Crippen molar-refractivity contribution in [2.45, 2.75) is 31.5 Å². The molecule has 0 saturated carbocycles. The number of unbranched alkanes of at least 4 members (excludes halogenated alkanes) is 1. The Morgan fingerprint density at radius 3 is 2.40 bits per heavy atom. The normalized spacial score (nSPS) is 15.4. The first-order valence-corrected chi connectivity index (χ1v) is 4.18. The van der Waals surface area contributed by atoms with Gasteiger partial charge in [0.05, 0.1) is 6.07 Å². The van der Waals surface area contributed by atoms with E-state index in [2.05, 4.69) is 0 Å². The van der Waals surface area contributed by atoms with Crippen LogP contribution in [0.3, 0.4) is 0 Å². The maximum absolute atomic E-state index is 12.4. The van der Waals surface area contributed by atoms with Crippen LogP contribution in [-0.2, 0) is 4.79 Å². The van der Waals surface area contributed by atoms with Gasteiger partial charge in [-0.25, -0.2) is 4.79 Å². The largest absolute Gasteiger partial charge is 0.480 e. The van der Waals surface area contributed by atoms with Gasteiger partial charge < -0.3 is 5.11 Å². The minimum absolute atomic E-state index is 0.0839. The highest BCUT2D eigenvalue weighted by Gasteiger charge is 2.56. The molecular weight excluding hydrogens is 213 g/mol. The van der Waals surface area contributed by atoms with Crippen LogP contribution in [0.15, 0.2) is 0 Å². The lowest BCUT2D eigenvalue weighted by atomic mass is 10.0. The van der Waals surface area contributed by atoms with E-state index in [1.165, 1.54) is 0 Å². The molecule has 0 heterocycles. The predicted octanol–water partition coefficient (Wildman–Crippen LogP) is 1.29. The first-order chi connectivity index (χ1) is 6.75. The van der Waals surface area contributed by atoms with E-state index < -0.39 is 17.7 Å². The van der Waals surface area contributed by atoms with Crippen molar-refractivity contribution in [1.82, 2.24) is 5.32 Å². The molecule has 0 amide bonds. The van der Waals surface area contributed by atoms with Gasteiger partial charge in [-0.2, -0.15) is 18.4 Å². The van der Waals surface area contributed by atoms with Crippen LogP contribution in [0.5, 0.6) is 0 Å². The summed E-state index contributed by atoms with van der Waals surface area (Å²) in [5.41, 5.74) is -2.96. The summed E-state index contributed by atoms with van der Waals surface area (Å²) >= 11 is 0. The lowest BCUT2D eigenvalue weighted by Crippen LogP contribution is -2.60. The SMILES string of the molecule is CC(NCCCC#N)(C(=O)O)C(F)(F)F. The van der Waals surface area contributed by atoms with Crippen molar-refractivity contribution in [2.24, 2.45) is 0 Å². The van der Waals surface area contributed by atoms with E-state index in [1.54, 1.807) is 6.07 Å². The fourth-order valence-electron chi connectivity index (χ4n) is 0.803. The second-order valence-electron chi connectivity index (χ2n) is 3.12. The Balaban J connectivity index is 4.43. The third-order valence-electron chi connectivity index (χ3n) is 1.94. The molecule has 0 saturated heterocycles. The first-order valence-electron chi connectivity index (χ1n) is 4.18. The molecule has 1 unspecified atom stereocenters. The first kappa shape index (κ1) is 13.7. The molecule has 1 atom stereocenters. The maximum atomic E-state index is 12.4. The molecule has 0 aliphatic rings. The van der Waals surface area contributed by atoms with Crippen molar-refractivity contribution in [3.63, 3.8) is 0 Å². The van der Waals surface area contributed by atoms with Crippen molar-refractivity contribution in [3.05, 3.63) is 0 Å². The summed E-state index contributed by atoms with van der Waals surface area (Å²) in [7, 11) is 0. The molecule has 0 aliphatic heterocycles. The second-order valence-corrected chi connectivity index (χ2v) is 3.12. The maximum Gasteiger partial charge on any atom is 0.417 e. The van der Waals surface area contributed by atoms with Crippen LogP contribution in [0.25, 0.3) is 0 Å². The number of hydrogen-bond acceptors (Lipinski definition) is 3. The third-order valence-corrected chi connectivity index (χ3v) is 1.94. The predicted molar refractivity (Wildman–Crippen MR) is 44.9 cm³/mol. The van der Waals surface area contributed by atoms with Gasteiger partial charge in [-0.1, -0.05) is 0 Å². The molecule has 0 spiro atoms. The summed E-state index contributed by atoms with van der Waals surface area (Å²) in [5, 5.41) is 18.5. The van der Waals surface area contributed by atoms with Crippen LogP contribution in [0, 0.1) is 11.3 Å². The number of hydrogen-bond donors (Lipinski definition) is 2. The van der Waals surface area contributed by atoms with E-state index in [-0.39, 0.29) is 19.4 Å². The number of carboxylic acid groups (broad SMARTS) is 1. The number of halogens is 3. The van der Waals surface area contributed by atoms with Gasteiger partial charge in [0.1, 0.15) is 0 Å². The number of carbonyl (C=O) groups is 1. The molecule has 2 N–H and O–H groups in total. The standard InChI is InChI=1S/C8H11F3N2O2/c1-7(6(14)15,8(9,10)11)13-5-3-2-4-12/h13H,2-3,5H2,1H3,(H,14,15). The minimum atomic E-state index is -4.87. The molecule has 7 heteroatoms. The van der Waals surface area contributed by atoms with Crippen LogP contribution < -0.4 is 5.32 Å². The van der Waals surface area contributed by atoms with E-state index in [9.17, 15) is 18.0 Å². The molecule has 86 valence electrons. The number of nitrogens with one attached hydrogen (secondary N) is 1. The molecule has 0 aromatic carbocycles. The Labute approximate surface area is 84.7 Å². The van der Waals surface area contributed by atoms with Gasteiger partial charge in [0.2, 0.25) is 5.54 Å². The van der Waals surface area contributed by atoms with Gasteiger partial charge in [0.25, 0.3) is 0 Å². The Morgan fingerprint density at radius 1 is 1.53 bits per heavy atom. The van der Waals surface area contributed by atoms with E-state index >= 15 is 0 Å². The summed E-state index contributed by atoms with van der Waals surface area (Å²) in [6.07, 6.45) is -4.61. The van der Waals surface area contributed by atoms with Crippen molar-refractivity contribution in [1.29, 1.82) is 5.26 Å². The Hall–Kier alpha value is -1.29. The van der Waals surface area contributed by atoms with Gasteiger partial charge in [0, 0.05) is 6.42 Å². The zero-order valence-electron chi connectivity index (χ0n) is 8.06. The van der Waals surface area contributed by atoms with Crippen LogP contribution >= 0.6 is 0 Å². The molecule has 4 nitrogen and oxygen atoms in total. The molecule has 0 radical (unpaired) electrons. The average Bonchev–Trinajstić information content (AvgIpc) is 2.09. The summed E-state index contributed by atoms with van der Waals surface area (Å²) in [5.74, 6) is -1.98. The van der Waals surface area contributed by atoms with E-state index in [4.69, 9.17) is 10.4 Å². The number of nitriles is 1. The van der Waals surface area contributed by atoms with Gasteiger partial charge in [0.15, 0.2) is 0 Å². The number of rotatable bonds is 5. The molecule has 0 aromatic heterocycles. The minimum Gasteiger partial charge on any atom is -0.480 e. The Morgan fingerprint density at radius 2 is 2.07 bits per heavy atom. The van der Waals surface area contributed by atoms with Crippen molar-refractivity contribution < 1.29 is 23.1 Å². The summed E-state index contributed by atoms with van der Waals surface area (Å²) in [6.45, 7) is 0.386. The number of alkyl halides is 3. The lowest BCUT2D eigenvalue weighted by molar-refractivity contribution is -0.205. The van der Waals surface area contributed by atoms with Gasteiger partial charge in [-0.15, -0.1) is 0 Å². The molecule has 0 fully saturated rings. The molecule has 0 rings (SSSR count). The Bertz CT molecular complexity index is 272. The fraction of sp³-hybridized carbons (Fsp3) is 0.750. The quantitative estimate of drug-likeness (QED) is 0.690. The third kappa shape index (κ3) is 3.40. The molecule has 15 heavy (non-hydrogen) atoms. The smallest absolute Gasteiger partial charge is 0.417 e. The van der Waals surface area contributed by atoms with Crippen LogP contribution in [0.2, 0.25) is 0 Å². The van der Waals surface area contributed by atoms with E-state index in [1.807, 2.05) is 5.32 Å². The molecule has 0 aromatic rings. The van der Waals surface area contributed by atoms with Crippen LogP contribution in [0.1, 0.15) is 19.8 Å². The monoisotopic (exact) mass is 224 g/mol. The summed E-state index contributed by atoms with van der Waals surface area (Å²) < 4.78 is 37.1. The zero-order valence-corrected chi connectivity index (χ0v) is 8.06. The van der Waals surface area contributed by atoms with Crippen LogP contribution in [-0.4, -0.2) is 29.3 Å².